The van der Waals surface area contributed by atoms with Crippen LogP contribution in [0.4, 0.5) is 23.8 Å². The molecule has 3 rings (SSSR count). The topological polar surface area (TPSA) is 94.6 Å². The Morgan fingerprint density at radius 3 is 2.51 bits per heavy atom. The number of carbonyl (C=O) groups excluding carboxylic acids is 1. The second kappa shape index (κ2) is 12.4. The largest absolute Gasteiger partial charge is 0.491 e. The summed E-state index contributed by atoms with van der Waals surface area (Å²) in [7, 11) is 0. The van der Waals surface area contributed by atoms with Gasteiger partial charge >= 0.3 is 12.3 Å². The fraction of sp³-hybridized carbons (Fsp3) is 0.607. The average Bonchev–Trinajstić information content (AvgIpc) is 2.81. The summed E-state index contributed by atoms with van der Waals surface area (Å²) in [5.74, 6) is 0.319. The maximum atomic E-state index is 14.1. The number of amides is 1. The summed E-state index contributed by atoms with van der Waals surface area (Å²) >= 11 is 0. The van der Waals surface area contributed by atoms with E-state index in [0.717, 1.165) is 25.5 Å². The van der Waals surface area contributed by atoms with Crippen LogP contribution in [-0.2, 0) is 15.7 Å². The molecular formula is C28H39F3N4O4. The van der Waals surface area contributed by atoms with Crippen LogP contribution in [0.5, 0.6) is 5.75 Å². The molecule has 0 aliphatic carbocycles. The molecule has 39 heavy (non-hydrogen) atoms. The van der Waals surface area contributed by atoms with Gasteiger partial charge in [0.15, 0.2) is 0 Å². The van der Waals surface area contributed by atoms with Gasteiger partial charge in [-0.1, -0.05) is 13.8 Å². The van der Waals surface area contributed by atoms with Crippen molar-refractivity contribution in [2.75, 3.05) is 25.1 Å². The van der Waals surface area contributed by atoms with E-state index in [4.69, 9.17) is 14.2 Å². The highest BCUT2D eigenvalue weighted by molar-refractivity contribution is 5.69. The molecule has 2 aromatic rings. The first kappa shape index (κ1) is 30.5. The van der Waals surface area contributed by atoms with E-state index in [2.05, 4.69) is 20.6 Å². The fourth-order valence-electron chi connectivity index (χ4n) is 4.53. The average molecular weight is 553 g/mol. The normalized spacial score (nSPS) is 17.8. The fourth-order valence-corrected chi connectivity index (χ4v) is 4.53. The number of rotatable bonds is 9. The summed E-state index contributed by atoms with van der Waals surface area (Å²) < 4.78 is 58.9. The number of halogens is 3. The Hall–Kier alpha value is -3.08. The van der Waals surface area contributed by atoms with Crippen molar-refractivity contribution < 1.29 is 32.2 Å². The molecule has 0 radical (unpaired) electrons. The van der Waals surface area contributed by atoms with Gasteiger partial charge in [0, 0.05) is 18.2 Å². The lowest BCUT2D eigenvalue weighted by Gasteiger charge is -2.33. The van der Waals surface area contributed by atoms with Crippen molar-refractivity contribution >= 4 is 11.9 Å². The minimum atomic E-state index is -4.67. The van der Waals surface area contributed by atoms with Crippen LogP contribution < -0.4 is 15.4 Å². The lowest BCUT2D eigenvalue weighted by Crippen LogP contribution is -2.52. The number of aromatic nitrogens is 2. The van der Waals surface area contributed by atoms with Gasteiger partial charge < -0.3 is 24.8 Å². The summed E-state index contributed by atoms with van der Waals surface area (Å²) in [6.07, 6.45) is -1.70. The van der Waals surface area contributed by atoms with E-state index >= 15 is 0 Å². The minimum absolute atomic E-state index is 0.0810. The Labute approximate surface area is 228 Å². The highest BCUT2D eigenvalue weighted by Crippen LogP contribution is 2.39. The van der Waals surface area contributed by atoms with Crippen LogP contribution in [0, 0.1) is 5.92 Å². The zero-order valence-corrected chi connectivity index (χ0v) is 23.4. The van der Waals surface area contributed by atoms with Gasteiger partial charge in [0.2, 0.25) is 0 Å². The Morgan fingerprint density at radius 1 is 1.15 bits per heavy atom. The molecule has 0 bridgehead atoms. The molecule has 1 aliphatic heterocycles. The van der Waals surface area contributed by atoms with Gasteiger partial charge in [0.05, 0.1) is 29.4 Å². The molecule has 0 saturated carbocycles. The molecule has 1 aromatic heterocycles. The molecule has 0 spiro atoms. The molecule has 2 atom stereocenters. The number of carbonyl (C=O) groups is 1. The molecule has 1 amide bonds. The Kier molecular flexibility index (Phi) is 9.69. The van der Waals surface area contributed by atoms with Crippen molar-refractivity contribution in [1.29, 1.82) is 0 Å². The summed E-state index contributed by atoms with van der Waals surface area (Å²) in [5, 5.41) is 6.05. The van der Waals surface area contributed by atoms with Crippen LogP contribution >= 0.6 is 0 Å². The number of anilines is 1. The first-order chi connectivity index (χ1) is 18.1. The zero-order chi connectivity index (χ0) is 28.8. The SMILES string of the molecule is CC(C)C[C@@](C)(COc1ccc(-c2cc(NC3CCCOC3)ncn2)cc1C(F)(F)F)NC(=O)OC(C)(C)C. The summed E-state index contributed by atoms with van der Waals surface area (Å²) in [6, 6.07) is 5.53. The molecule has 1 aliphatic rings. The van der Waals surface area contributed by atoms with E-state index in [1.54, 1.807) is 33.8 Å². The summed E-state index contributed by atoms with van der Waals surface area (Å²) in [4.78, 5) is 20.8. The molecule has 216 valence electrons. The summed E-state index contributed by atoms with van der Waals surface area (Å²) in [5.41, 5.74) is -2.00. The predicted molar refractivity (Wildman–Crippen MR) is 143 cm³/mol. The first-order valence-corrected chi connectivity index (χ1v) is 13.2. The van der Waals surface area contributed by atoms with Crippen LogP contribution in [0.3, 0.4) is 0 Å². The van der Waals surface area contributed by atoms with Crippen molar-refractivity contribution in [2.45, 2.75) is 84.2 Å². The molecule has 2 heterocycles. The quantitative estimate of drug-likeness (QED) is 0.369. The number of nitrogens with one attached hydrogen (secondary N) is 2. The Bertz CT molecular complexity index is 1110. The van der Waals surface area contributed by atoms with E-state index in [1.807, 2.05) is 13.8 Å². The zero-order valence-electron chi connectivity index (χ0n) is 23.4. The molecular weight excluding hydrogens is 513 g/mol. The van der Waals surface area contributed by atoms with Crippen LogP contribution in [0.2, 0.25) is 0 Å². The Morgan fingerprint density at radius 2 is 1.90 bits per heavy atom. The standard InChI is InChI=1S/C28H39F3N4O4/c1-18(2)14-27(6,35-25(36)39-26(3,4)5)16-38-23-10-9-19(12-21(23)28(29,30)31)22-13-24(33-17-32-22)34-20-8-7-11-37-15-20/h9-10,12-13,17-18,20H,7-8,11,14-16H2,1-6H3,(H,35,36)(H,32,33,34)/t20?,27-/m0/s1. The van der Waals surface area contributed by atoms with Gasteiger partial charge in [-0.05, 0) is 71.1 Å². The lowest BCUT2D eigenvalue weighted by atomic mass is 9.91. The second-order valence-corrected chi connectivity index (χ2v) is 11.6. The molecule has 1 unspecified atom stereocenters. The number of hydrogen-bond acceptors (Lipinski definition) is 7. The summed E-state index contributed by atoms with van der Waals surface area (Å²) in [6.45, 7) is 11.9. The van der Waals surface area contributed by atoms with E-state index in [1.165, 1.54) is 18.5 Å². The Balaban J connectivity index is 1.82. The molecule has 2 N–H and O–H groups in total. The third-order valence-corrected chi connectivity index (χ3v) is 5.97. The van der Waals surface area contributed by atoms with Gasteiger partial charge in [0.25, 0.3) is 0 Å². The van der Waals surface area contributed by atoms with Crippen LogP contribution in [0.15, 0.2) is 30.6 Å². The maximum Gasteiger partial charge on any atom is 0.419 e. The third kappa shape index (κ3) is 9.56. The van der Waals surface area contributed by atoms with Crippen LogP contribution in [0.1, 0.15) is 66.4 Å². The van der Waals surface area contributed by atoms with Gasteiger partial charge in [-0.2, -0.15) is 13.2 Å². The van der Waals surface area contributed by atoms with E-state index in [-0.39, 0.29) is 29.9 Å². The van der Waals surface area contributed by atoms with Crippen molar-refractivity contribution in [2.24, 2.45) is 5.92 Å². The number of ether oxygens (including phenoxy) is 3. The smallest absolute Gasteiger partial charge is 0.419 e. The number of nitrogens with zero attached hydrogens (tertiary/aromatic N) is 2. The van der Waals surface area contributed by atoms with Crippen LogP contribution in [0.25, 0.3) is 11.3 Å². The maximum absolute atomic E-state index is 14.1. The third-order valence-electron chi connectivity index (χ3n) is 5.97. The number of benzene rings is 1. The first-order valence-electron chi connectivity index (χ1n) is 13.2. The molecule has 1 aromatic carbocycles. The van der Waals surface area contributed by atoms with Gasteiger partial charge in [0.1, 0.15) is 30.1 Å². The van der Waals surface area contributed by atoms with Gasteiger partial charge in [-0.15, -0.1) is 0 Å². The number of alkyl halides is 3. The molecule has 11 heteroatoms. The van der Waals surface area contributed by atoms with E-state index in [0.29, 0.717) is 24.5 Å². The van der Waals surface area contributed by atoms with Crippen molar-refractivity contribution in [1.82, 2.24) is 15.3 Å². The minimum Gasteiger partial charge on any atom is -0.491 e. The van der Waals surface area contributed by atoms with E-state index < -0.39 is 29.0 Å². The van der Waals surface area contributed by atoms with Crippen LogP contribution in [-0.4, -0.2) is 53.1 Å². The highest BCUT2D eigenvalue weighted by Gasteiger charge is 2.37. The van der Waals surface area contributed by atoms with Crippen molar-refractivity contribution in [3.05, 3.63) is 36.2 Å². The number of hydrogen-bond donors (Lipinski definition) is 2. The molecule has 1 saturated heterocycles. The van der Waals surface area contributed by atoms with Gasteiger partial charge in [-0.3, -0.25) is 0 Å². The molecule has 8 nitrogen and oxygen atoms in total. The molecule has 1 fully saturated rings. The van der Waals surface area contributed by atoms with Crippen molar-refractivity contribution in [3.8, 4) is 17.0 Å². The van der Waals surface area contributed by atoms with Gasteiger partial charge in [-0.25, -0.2) is 14.8 Å². The second-order valence-electron chi connectivity index (χ2n) is 11.6. The predicted octanol–water partition coefficient (Wildman–Crippen LogP) is 6.46. The number of alkyl carbamates (subject to hydrolysis) is 1. The monoisotopic (exact) mass is 552 g/mol. The lowest BCUT2D eigenvalue weighted by molar-refractivity contribution is -0.139. The van der Waals surface area contributed by atoms with Crippen molar-refractivity contribution in [3.63, 3.8) is 0 Å². The van der Waals surface area contributed by atoms with E-state index in [9.17, 15) is 18.0 Å². The highest BCUT2D eigenvalue weighted by atomic mass is 19.4.